The van der Waals surface area contributed by atoms with E-state index in [-0.39, 0.29) is 24.1 Å². The van der Waals surface area contributed by atoms with E-state index in [0.29, 0.717) is 11.3 Å². The van der Waals surface area contributed by atoms with Crippen molar-refractivity contribution in [3.63, 3.8) is 0 Å². The zero-order valence-electron chi connectivity index (χ0n) is 18.2. The van der Waals surface area contributed by atoms with Crippen LogP contribution >= 0.6 is 0 Å². The molecule has 2 amide bonds. The molecule has 3 rings (SSSR count). The van der Waals surface area contributed by atoms with Crippen molar-refractivity contribution in [3.8, 4) is 0 Å². The number of amides is 2. The third-order valence-corrected chi connectivity index (χ3v) is 6.30. The van der Waals surface area contributed by atoms with E-state index in [0.717, 1.165) is 17.4 Å². The summed E-state index contributed by atoms with van der Waals surface area (Å²) < 4.78 is 28.6. The molecule has 8 nitrogen and oxygen atoms in total. The highest BCUT2D eigenvalue weighted by molar-refractivity contribution is 7.90. The second kappa shape index (κ2) is 9.97. The van der Waals surface area contributed by atoms with Gasteiger partial charge < -0.3 is 20.7 Å². The molecule has 2 aromatic carbocycles. The second-order valence-corrected chi connectivity index (χ2v) is 9.51. The monoisotopic (exact) mass is 457 g/mol. The molecule has 2 atom stereocenters. The predicted octanol–water partition coefficient (Wildman–Crippen LogP) is 2.61. The fourth-order valence-electron chi connectivity index (χ4n) is 3.48. The van der Waals surface area contributed by atoms with Gasteiger partial charge in [-0.2, -0.15) is 0 Å². The molecule has 0 saturated heterocycles. The Balaban J connectivity index is 1.86. The highest BCUT2D eigenvalue weighted by atomic mass is 32.2. The minimum Gasteiger partial charge on any atom is -0.463 e. The van der Waals surface area contributed by atoms with E-state index in [2.05, 4.69) is 16.0 Å². The molecule has 0 aliphatic carbocycles. The average molecular weight is 458 g/mol. The molecule has 2 aromatic rings. The van der Waals surface area contributed by atoms with Gasteiger partial charge in [0.15, 0.2) is 9.84 Å². The topological polar surface area (TPSA) is 114 Å². The number of sulfone groups is 1. The van der Waals surface area contributed by atoms with E-state index in [4.69, 9.17) is 4.74 Å². The Kier molecular flexibility index (Phi) is 7.32. The molecule has 0 aromatic heterocycles. The number of rotatable bonds is 8. The van der Waals surface area contributed by atoms with Gasteiger partial charge in [0.25, 0.3) is 0 Å². The first-order chi connectivity index (χ1) is 15.2. The van der Waals surface area contributed by atoms with Crippen LogP contribution in [0, 0.1) is 0 Å². The van der Waals surface area contributed by atoms with Gasteiger partial charge in [0.2, 0.25) is 0 Å². The van der Waals surface area contributed by atoms with Crippen LogP contribution in [0.4, 0.5) is 4.79 Å². The van der Waals surface area contributed by atoms with Crippen molar-refractivity contribution in [2.45, 2.75) is 30.8 Å². The molecule has 1 aliphatic rings. The zero-order chi connectivity index (χ0) is 23.3. The van der Waals surface area contributed by atoms with Crippen LogP contribution in [0.1, 0.15) is 37.1 Å². The summed E-state index contributed by atoms with van der Waals surface area (Å²) in [6.45, 7) is 4.06. The summed E-state index contributed by atoms with van der Waals surface area (Å²) in [7, 11) is -3.27. The standard InChI is InChI=1S/C23H27N3O5S/c1-4-31-22(27)20-19(25-23(28)26-21(20)17-8-6-5-7-9-17)14-24-15(2)16-10-12-18(13-11-16)32(3,29)30/h5-13,15,21,24H,4,14H2,1-3H3,(H2,25,26,28)/t15-,21+/m1/s1. The normalized spacial score (nSPS) is 17.3. The molecule has 3 N–H and O–H groups in total. The van der Waals surface area contributed by atoms with Crippen LogP contribution in [-0.4, -0.2) is 39.8 Å². The summed E-state index contributed by atoms with van der Waals surface area (Å²) in [5.74, 6) is -0.504. The Morgan fingerprint density at radius 2 is 1.78 bits per heavy atom. The van der Waals surface area contributed by atoms with Gasteiger partial charge in [-0.05, 0) is 37.1 Å². The van der Waals surface area contributed by atoms with Crippen LogP contribution in [-0.2, 0) is 19.4 Å². The largest absolute Gasteiger partial charge is 0.463 e. The van der Waals surface area contributed by atoms with Gasteiger partial charge in [-0.25, -0.2) is 18.0 Å². The van der Waals surface area contributed by atoms with Crippen molar-refractivity contribution < 1.29 is 22.7 Å². The Morgan fingerprint density at radius 1 is 1.12 bits per heavy atom. The minimum absolute atomic E-state index is 0.165. The van der Waals surface area contributed by atoms with Gasteiger partial charge in [-0.15, -0.1) is 0 Å². The summed E-state index contributed by atoms with van der Waals surface area (Å²) in [6, 6.07) is 14.6. The van der Waals surface area contributed by atoms with Gasteiger partial charge in [0.1, 0.15) is 0 Å². The minimum atomic E-state index is -3.27. The first kappa shape index (κ1) is 23.5. The predicted molar refractivity (Wildman–Crippen MR) is 120 cm³/mol. The summed E-state index contributed by atoms with van der Waals surface area (Å²) in [5, 5.41) is 8.82. The number of ether oxygens (including phenoxy) is 1. The van der Waals surface area contributed by atoms with Gasteiger partial charge in [-0.1, -0.05) is 42.5 Å². The van der Waals surface area contributed by atoms with Crippen LogP contribution < -0.4 is 16.0 Å². The Hall–Kier alpha value is -3.17. The Labute approximate surface area is 188 Å². The van der Waals surface area contributed by atoms with Crippen LogP contribution in [0.25, 0.3) is 0 Å². The van der Waals surface area contributed by atoms with Crippen LogP contribution in [0.3, 0.4) is 0 Å². The third-order valence-electron chi connectivity index (χ3n) is 5.18. The van der Waals surface area contributed by atoms with E-state index in [9.17, 15) is 18.0 Å². The Bertz CT molecular complexity index is 1110. The van der Waals surface area contributed by atoms with Gasteiger partial charge in [-0.3, -0.25) is 0 Å². The van der Waals surface area contributed by atoms with E-state index in [1.807, 2.05) is 37.3 Å². The lowest BCUT2D eigenvalue weighted by molar-refractivity contribution is -0.139. The number of carbonyl (C=O) groups excluding carboxylic acids is 2. The van der Waals surface area contributed by atoms with Crippen molar-refractivity contribution >= 4 is 21.8 Å². The lowest BCUT2D eigenvalue weighted by atomic mass is 9.95. The molecule has 0 fully saturated rings. The molecule has 0 spiro atoms. The maximum absolute atomic E-state index is 12.8. The highest BCUT2D eigenvalue weighted by Crippen LogP contribution is 2.28. The van der Waals surface area contributed by atoms with E-state index in [1.165, 1.54) is 0 Å². The number of hydrogen-bond acceptors (Lipinski definition) is 6. The summed E-state index contributed by atoms with van der Waals surface area (Å²) in [6.07, 6.45) is 1.16. The fourth-order valence-corrected chi connectivity index (χ4v) is 4.11. The molecule has 9 heteroatoms. The van der Waals surface area contributed by atoms with Crippen molar-refractivity contribution in [2.24, 2.45) is 0 Å². The number of nitrogens with one attached hydrogen (secondary N) is 3. The SMILES string of the molecule is CCOC(=O)C1=C(CN[C@H](C)c2ccc(S(C)(=O)=O)cc2)NC(=O)N[C@H]1c1ccccc1. The van der Waals surface area contributed by atoms with Crippen LogP contribution in [0.15, 0.2) is 70.8 Å². The molecule has 0 saturated carbocycles. The fraction of sp³-hybridized carbons (Fsp3) is 0.304. The number of hydrogen-bond donors (Lipinski definition) is 3. The molecule has 0 unspecified atom stereocenters. The summed E-state index contributed by atoms with van der Waals surface area (Å²) in [5.41, 5.74) is 2.41. The first-order valence-corrected chi connectivity index (χ1v) is 12.2. The van der Waals surface area contributed by atoms with E-state index in [1.54, 1.807) is 31.2 Å². The molecule has 1 aliphatic heterocycles. The Morgan fingerprint density at radius 3 is 2.38 bits per heavy atom. The molecular formula is C23H27N3O5S. The quantitative estimate of drug-likeness (QED) is 0.525. The van der Waals surface area contributed by atoms with Crippen LogP contribution in [0.2, 0.25) is 0 Å². The van der Waals surface area contributed by atoms with E-state index < -0.39 is 27.9 Å². The number of carbonyl (C=O) groups is 2. The molecular weight excluding hydrogens is 430 g/mol. The van der Waals surface area contributed by atoms with Crippen molar-refractivity contribution in [1.82, 2.24) is 16.0 Å². The molecule has 0 radical (unpaired) electrons. The zero-order valence-corrected chi connectivity index (χ0v) is 19.0. The molecule has 0 bridgehead atoms. The van der Waals surface area contributed by atoms with Gasteiger partial charge in [0.05, 0.1) is 23.1 Å². The van der Waals surface area contributed by atoms with Gasteiger partial charge in [0, 0.05) is 24.5 Å². The lowest BCUT2D eigenvalue weighted by Gasteiger charge is -2.30. The third kappa shape index (κ3) is 5.54. The second-order valence-electron chi connectivity index (χ2n) is 7.50. The summed E-state index contributed by atoms with van der Waals surface area (Å²) in [4.78, 5) is 25.4. The van der Waals surface area contributed by atoms with Crippen molar-refractivity contribution in [3.05, 3.63) is 77.0 Å². The number of benzene rings is 2. The van der Waals surface area contributed by atoms with Crippen LogP contribution in [0.5, 0.6) is 0 Å². The van der Waals surface area contributed by atoms with E-state index >= 15 is 0 Å². The maximum atomic E-state index is 12.8. The smallest absolute Gasteiger partial charge is 0.338 e. The van der Waals surface area contributed by atoms with Crippen molar-refractivity contribution in [2.75, 3.05) is 19.4 Å². The summed E-state index contributed by atoms with van der Waals surface area (Å²) >= 11 is 0. The first-order valence-electron chi connectivity index (χ1n) is 10.3. The number of esters is 1. The number of urea groups is 1. The average Bonchev–Trinajstić information content (AvgIpc) is 2.77. The maximum Gasteiger partial charge on any atom is 0.338 e. The van der Waals surface area contributed by atoms with Crippen molar-refractivity contribution in [1.29, 1.82) is 0 Å². The lowest BCUT2D eigenvalue weighted by Crippen LogP contribution is -2.48. The molecule has 1 heterocycles. The molecule has 170 valence electrons. The van der Waals surface area contributed by atoms with Gasteiger partial charge >= 0.3 is 12.0 Å². The highest BCUT2D eigenvalue weighted by Gasteiger charge is 2.33. The molecule has 32 heavy (non-hydrogen) atoms.